The molecular weight excluding hydrogens is 216 g/mol. The number of hydrogen-bond acceptors (Lipinski definition) is 3. The van der Waals surface area contributed by atoms with Crippen LogP contribution in [0.1, 0.15) is 33.1 Å². The first-order valence-electron chi connectivity index (χ1n) is 6.68. The zero-order valence-corrected chi connectivity index (χ0v) is 11.1. The Kier molecular flexibility index (Phi) is 3.92. The fourth-order valence-electron chi connectivity index (χ4n) is 3.19. The summed E-state index contributed by atoms with van der Waals surface area (Å²) in [6.45, 7) is 6.75. The number of nitrogens with one attached hydrogen (secondary N) is 1. The van der Waals surface area contributed by atoms with Crippen molar-refractivity contribution >= 4 is 6.09 Å². The maximum atomic E-state index is 11.3. The number of alkyl carbamates (subject to hydrolysis) is 1. The number of carbonyl (C=O) groups excluding carboxylic acids is 1. The van der Waals surface area contributed by atoms with Crippen LogP contribution >= 0.6 is 0 Å². The van der Waals surface area contributed by atoms with Crippen molar-refractivity contribution in [3.8, 4) is 0 Å². The number of likely N-dealkylation sites (tertiary alicyclic amines) is 1. The van der Waals surface area contributed by atoms with Crippen LogP contribution < -0.4 is 5.32 Å². The number of amides is 1. The summed E-state index contributed by atoms with van der Waals surface area (Å²) in [5.74, 6) is 1.47. The van der Waals surface area contributed by atoms with Gasteiger partial charge in [-0.25, -0.2) is 4.79 Å². The van der Waals surface area contributed by atoms with Crippen molar-refractivity contribution < 1.29 is 9.53 Å². The summed E-state index contributed by atoms with van der Waals surface area (Å²) in [5.41, 5.74) is 0. The molecule has 1 aliphatic heterocycles. The third-order valence-corrected chi connectivity index (χ3v) is 4.24. The molecule has 1 amide bonds. The second-order valence-electron chi connectivity index (χ2n) is 5.75. The summed E-state index contributed by atoms with van der Waals surface area (Å²) in [6.07, 6.45) is 3.43. The monoisotopic (exact) mass is 240 g/mol. The van der Waals surface area contributed by atoms with Crippen LogP contribution in [0, 0.1) is 11.8 Å². The molecule has 0 aromatic heterocycles. The predicted molar refractivity (Wildman–Crippen MR) is 66.9 cm³/mol. The molecule has 98 valence electrons. The lowest BCUT2D eigenvalue weighted by atomic mass is 9.78. The molecule has 4 nitrogen and oxygen atoms in total. The van der Waals surface area contributed by atoms with E-state index in [4.69, 9.17) is 0 Å². The van der Waals surface area contributed by atoms with Gasteiger partial charge in [0.25, 0.3) is 0 Å². The predicted octanol–water partition coefficient (Wildman–Crippen LogP) is 1.85. The zero-order valence-electron chi connectivity index (χ0n) is 11.1. The third-order valence-electron chi connectivity index (χ3n) is 4.24. The molecule has 0 spiro atoms. The molecular formula is C13H24N2O2. The first-order chi connectivity index (χ1) is 8.10. The second-order valence-corrected chi connectivity index (χ2v) is 5.75. The van der Waals surface area contributed by atoms with E-state index in [0.29, 0.717) is 5.92 Å². The van der Waals surface area contributed by atoms with Gasteiger partial charge in [0.15, 0.2) is 0 Å². The number of carbonyl (C=O) groups is 1. The molecule has 1 heterocycles. The van der Waals surface area contributed by atoms with E-state index in [9.17, 15) is 4.79 Å². The summed E-state index contributed by atoms with van der Waals surface area (Å²) in [7, 11) is 1.42. The van der Waals surface area contributed by atoms with Crippen molar-refractivity contribution in [3.63, 3.8) is 0 Å². The number of ether oxygens (including phenoxy) is 1. The average Bonchev–Trinajstić information content (AvgIpc) is 2.26. The molecule has 1 saturated heterocycles. The molecule has 4 heteroatoms. The fraction of sp³-hybridized carbons (Fsp3) is 0.923. The Balaban J connectivity index is 1.89. The fourth-order valence-corrected chi connectivity index (χ4v) is 3.19. The van der Waals surface area contributed by atoms with Crippen molar-refractivity contribution in [3.05, 3.63) is 0 Å². The summed E-state index contributed by atoms with van der Waals surface area (Å²) < 4.78 is 4.68. The minimum atomic E-state index is -0.300. The Labute approximate surface area is 104 Å². The Morgan fingerprint density at radius 3 is 2.59 bits per heavy atom. The maximum absolute atomic E-state index is 11.3. The van der Waals surface area contributed by atoms with Gasteiger partial charge in [0.1, 0.15) is 0 Å². The van der Waals surface area contributed by atoms with Crippen molar-refractivity contribution in [1.82, 2.24) is 10.2 Å². The van der Waals surface area contributed by atoms with Crippen LogP contribution in [0.5, 0.6) is 0 Å². The van der Waals surface area contributed by atoms with E-state index in [-0.39, 0.29) is 12.1 Å². The molecule has 17 heavy (non-hydrogen) atoms. The van der Waals surface area contributed by atoms with Crippen LogP contribution in [0.4, 0.5) is 4.79 Å². The first-order valence-corrected chi connectivity index (χ1v) is 6.68. The summed E-state index contributed by atoms with van der Waals surface area (Å²) in [4.78, 5) is 13.8. The number of hydrogen-bond donors (Lipinski definition) is 1. The molecule has 0 bridgehead atoms. The van der Waals surface area contributed by atoms with Gasteiger partial charge in [0.05, 0.1) is 7.11 Å². The maximum Gasteiger partial charge on any atom is 0.407 e. The summed E-state index contributed by atoms with van der Waals surface area (Å²) in [5, 5.41) is 2.94. The SMILES string of the molecule is COC(=O)NC1CC(C)CN(C2CCC2C)C1. The van der Waals surface area contributed by atoms with Gasteiger partial charge in [-0.3, -0.25) is 4.90 Å². The molecule has 0 aromatic rings. The van der Waals surface area contributed by atoms with E-state index >= 15 is 0 Å². The molecule has 0 aromatic carbocycles. The molecule has 2 aliphatic rings. The molecule has 4 unspecified atom stereocenters. The van der Waals surface area contributed by atoms with E-state index in [2.05, 4.69) is 28.8 Å². The van der Waals surface area contributed by atoms with E-state index < -0.39 is 0 Å². The molecule has 2 rings (SSSR count). The first kappa shape index (κ1) is 12.7. The van der Waals surface area contributed by atoms with Crippen molar-refractivity contribution in [2.45, 2.75) is 45.2 Å². The molecule has 1 N–H and O–H groups in total. The molecule has 2 fully saturated rings. The van der Waals surface area contributed by atoms with Crippen molar-refractivity contribution in [2.75, 3.05) is 20.2 Å². The van der Waals surface area contributed by atoms with Crippen LogP contribution in [0.25, 0.3) is 0 Å². The van der Waals surface area contributed by atoms with Crippen LogP contribution in [0.2, 0.25) is 0 Å². The highest BCUT2D eigenvalue weighted by atomic mass is 16.5. The van der Waals surface area contributed by atoms with E-state index in [1.165, 1.54) is 26.5 Å². The number of piperidine rings is 1. The highest BCUT2D eigenvalue weighted by molar-refractivity contribution is 5.67. The largest absolute Gasteiger partial charge is 0.453 e. The minimum Gasteiger partial charge on any atom is -0.453 e. The lowest BCUT2D eigenvalue weighted by Crippen LogP contribution is -2.57. The van der Waals surface area contributed by atoms with Crippen LogP contribution in [0.15, 0.2) is 0 Å². The number of nitrogens with zero attached hydrogens (tertiary/aromatic N) is 1. The van der Waals surface area contributed by atoms with Crippen molar-refractivity contribution in [2.24, 2.45) is 11.8 Å². The zero-order chi connectivity index (χ0) is 12.4. The van der Waals surface area contributed by atoms with Gasteiger partial charge >= 0.3 is 6.09 Å². The number of rotatable bonds is 2. The van der Waals surface area contributed by atoms with Gasteiger partial charge in [-0.05, 0) is 31.1 Å². The van der Waals surface area contributed by atoms with E-state index in [1.54, 1.807) is 0 Å². The molecule has 1 aliphatic carbocycles. The highest BCUT2D eigenvalue weighted by Gasteiger charge is 2.36. The number of methoxy groups -OCH3 is 1. The van der Waals surface area contributed by atoms with Gasteiger partial charge in [0, 0.05) is 25.2 Å². The van der Waals surface area contributed by atoms with Gasteiger partial charge < -0.3 is 10.1 Å². The Morgan fingerprint density at radius 2 is 2.06 bits per heavy atom. The lowest BCUT2D eigenvalue weighted by Gasteiger charge is -2.48. The third kappa shape index (κ3) is 2.92. The topological polar surface area (TPSA) is 41.6 Å². The summed E-state index contributed by atoms with van der Waals surface area (Å²) >= 11 is 0. The van der Waals surface area contributed by atoms with E-state index in [1.807, 2.05) is 0 Å². The molecule has 1 saturated carbocycles. The Bertz CT molecular complexity index is 283. The van der Waals surface area contributed by atoms with E-state index in [0.717, 1.165) is 24.9 Å². The highest BCUT2D eigenvalue weighted by Crippen LogP contribution is 2.34. The average molecular weight is 240 g/mol. The van der Waals surface area contributed by atoms with Crippen LogP contribution in [0.3, 0.4) is 0 Å². The van der Waals surface area contributed by atoms with Crippen LogP contribution in [-0.4, -0.2) is 43.3 Å². The normalized spacial score (nSPS) is 38.3. The van der Waals surface area contributed by atoms with Crippen molar-refractivity contribution in [1.29, 1.82) is 0 Å². The lowest BCUT2D eigenvalue weighted by molar-refractivity contribution is 0.0263. The van der Waals surface area contributed by atoms with Crippen LogP contribution in [-0.2, 0) is 4.74 Å². The molecule has 4 atom stereocenters. The van der Waals surface area contributed by atoms with Gasteiger partial charge in [-0.15, -0.1) is 0 Å². The van der Waals surface area contributed by atoms with Gasteiger partial charge in [-0.1, -0.05) is 13.8 Å². The smallest absolute Gasteiger partial charge is 0.407 e. The standard InChI is InChI=1S/C13H24N2O2/c1-9-6-11(14-13(16)17-3)8-15(7-9)12-5-4-10(12)2/h9-12H,4-8H2,1-3H3,(H,14,16). The second kappa shape index (κ2) is 5.25. The minimum absolute atomic E-state index is 0.249. The quantitative estimate of drug-likeness (QED) is 0.801. The molecule has 0 radical (unpaired) electrons. The Morgan fingerprint density at radius 1 is 1.29 bits per heavy atom. The Hall–Kier alpha value is -0.770. The van der Waals surface area contributed by atoms with Gasteiger partial charge in [0.2, 0.25) is 0 Å². The van der Waals surface area contributed by atoms with Gasteiger partial charge in [-0.2, -0.15) is 0 Å². The summed E-state index contributed by atoms with van der Waals surface area (Å²) in [6, 6.07) is 0.985.